The van der Waals surface area contributed by atoms with Gasteiger partial charge in [0.15, 0.2) is 12.6 Å². The molecule has 0 saturated heterocycles. The van der Waals surface area contributed by atoms with E-state index in [1.807, 2.05) is 43.3 Å². The highest BCUT2D eigenvalue weighted by molar-refractivity contribution is 6.06. The van der Waals surface area contributed by atoms with Crippen LogP contribution in [0, 0.1) is 0 Å². The van der Waals surface area contributed by atoms with Gasteiger partial charge in [0.25, 0.3) is 0 Å². The zero-order valence-corrected chi connectivity index (χ0v) is 25.2. The molecule has 4 aromatic carbocycles. The molecule has 0 saturated carbocycles. The van der Waals surface area contributed by atoms with Crippen LogP contribution in [0.1, 0.15) is 59.7 Å². The molecule has 0 radical (unpaired) electrons. The lowest BCUT2D eigenvalue weighted by atomic mass is 9.99. The van der Waals surface area contributed by atoms with Crippen LogP contribution in [0.15, 0.2) is 122 Å². The van der Waals surface area contributed by atoms with E-state index in [1.165, 1.54) is 22.3 Å². The second kappa shape index (κ2) is 17.5. The zero-order chi connectivity index (χ0) is 30.1. The second-order valence-corrected chi connectivity index (χ2v) is 10.7. The SMILES string of the molecule is C=C(C)OCOCCCCCCOc1ccc(-c2ccc(CCc3ccc(C=CC(=O)c4ccccc4)cc3)cc2)cc1. The zero-order valence-electron chi connectivity index (χ0n) is 25.2. The highest BCUT2D eigenvalue weighted by atomic mass is 16.7. The summed E-state index contributed by atoms with van der Waals surface area (Å²) in [6.07, 6.45) is 9.75. The van der Waals surface area contributed by atoms with Gasteiger partial charge in [0.2, 0.25) is 0 Å². The molecule has 0 N–H and O–H groups in total. The van der Waals surface area contributed by atoms with Gasteiger partial charge in [-0.2, -0.15) is 0 Å². The number of ketones is 1. The van der Waals surface area contributed by atoms with E-state index in [2.05, 4.69) is 79.4 Å². The van der Waals surface area contributed by atoms with Gasteiger partial charge in [0.1, 0.15) is 5.75 Å². The minimum atomic E-state index is 0.0170. The number of hydrogen-bond acceptors (Lipinski definition) is 4. The Morgan fingerprint density at radius 1 is 0.698 bits per heavy atom. The molecule has 4 aromatic rings. The molecule has 4 nitrogen and oxygen atoms in total. The largest absolute Gasteiger partial charge is 0.494 e. The number of carbonyl (C=O) groups is 1. The van der Waals surface area contributed by atoms with Gasteiger partial charge in [0.05, 0.1) is 19.0 Å². The summed E-state index contributed by atoms with van der Waals surface area (Å²) in [4.78, 5) is 12.3. The maximum Gasteiger partial charge on any atom is 0.188 e. The molecular formula is C39H42O4. The van der Waals surface area contributed by atoms with Crippen molar-refractivity contribution in [3.63, 3.8) is 0 Å². The number of ether oxygens (including phenoxy) is 3. The average molecular weight is 575 g/mol. The van der Waals surface area contributed by atoms with Crippen LogP contribution in [-0.2, 0) is 22.3 Å². The van der Waals surface area contributed by atoms with Crippen molar-refractivity contribution >= 4 is 11.9 Å². The number of rotatable bonds is 18. The van der Waals surface area contributed by atoms with Crippen molar-refractivity contribution in [1.82, 2.24) is 0 Å². The first kappa shape index (κ1) is 31.5. The van der Waals surface area contributed by atoms with E-state index in [1.54, 1.807) is 6.08 Å². The van der Waals surface area contributed by atoms with Crippen LogP contribution in [0.2, 0.25) is 0 Å². The van der Waals surface area contributed by atoms with Crippen LogP contribution in [-0.4, -0.2) is 25.8 Å². The van der Waals surface area contributed by atoms with Gasteiger partial charge in [-0.15, -0.1) is 0 Å². The molecule has 0 fully saturated rings. The van der Waals surface area contributed by atoms with Gasteiger partial charge in [-0.1, -0.05) is 110 Å². The molecule has 0 heterocycles. The molecule has 0 aliphatic heterocycles. The smallest absolute Gasteiger partial charge is 0.188 e. The van der Waals surface area contributed by atoms with Crippen molar-refractivity contribution in [1.29, 1.82) is 0 Å². The summed E-state index contributed by atoms with van der Waals surface area (Å²) in [5.41, 5.74) is 6.71. The summed E-state index contributed by atoms with van der Waals surface area (Å²) in [6.45, 7) is 7.22. The summed E-state index contributed by atoms with van der Waals surface area (Å²) in [7, 11) is 0. The molecule has 43 heavy (non-hydrogen) atoms. The number of hydrogen-bond donors (Lipinski definition) is 0. The number of carbonyl (C=O) groups excluding carboxylic acids is 1. The lowest BCUT2D eigenvalue weighted by Crippen LogP contribution is -2.01. The Bertz CT molecular complexity index is 1420. The third-order valence-corrected chi connectivity index (χ3v) is 7.15. The molecule has 0 unspecified atom stereocenters. The highest BCUT2D eigenvalue weighted by Crippen LogP contribution is 2.23. The standard InChI is InChI=1S/C39H42O4/c1-31(2)43-30-41-28-8-3-4-9-29-42-38-25-23-36(24-26-38)35-21-18-34(19-22-35)17-14-32-12-15-33(16-13-32)20-27-39(40)37-10-6-5-7-11-37/h5-7,10-13,15-16,18-27H,1,3-4,8-9,14,17,28-30H2,2H3. The molecule has 0 aromatic heterocycles. The maximum atomic E-state index is 12.3. The normalized spacial score (nSPS) is 11.0. The van der Waals surface area contributed by atoms with Crippen LogP contribution < -0.4 is 4.74 Å². The Hall–Kier alpha value is -4.41. The van der Waals surface area contributed by atoms with Gasteiger partial charge in [-0.25, -0.2) is 0 Å². The Morgan fingerprint density at radius 3 is 1.91 bits per heavy atom. The summed E-state index contributed by atoms with van der Waals surface area (Å²) in [5.74, 6) is 1.60. The van der Waals surface area contributed by atoms with E-state index >= 15 is 0 Å². The monoisotopic (exact) mass is 574 g/mol. The number of benzene rings is 4. The van der Waals surface area contributed by atoms with Crippen molar-refractivity contribution in [3.05, 3.63) is 144 Å². The fourth-order valence-electron chi connectivity index (χ4n) is 4.61. The first-order chi connectivity index (χ1) is 21.1. The van der Waals surface area contributed by atoms with Crippen molar-refractivity contribution in [2.45, 2.75) is 45.4 Å². The Balaban J connectivity index is 1.14. The number of allylic oxidation sites excluding steroid dienone is 2. The van der Waals surface area contributed by atoms with Gasteiger partial charge in [-0.05, 0) is 85.1 Å². The van der Waals surface area contributed by atoms with Gasteiger partial charge in [0, 0.05) is 5.56 Å². The summed E-state index contributed by atoms with van der Waals surface area (Å²) >= 11 is 0. The fourth-order valence-corrected chi connectivity index (χ4v) is 4.61. The van der Waals surface area contributed by atoms with E-state index in [0.29, 0.717) is 17.9 Å². The third kappa shape index (κ3) is 11.4. The predicted molar refractivity (Wildman–Crippen MR) is 176 cm³/mol. The molecule has 4 rings (SSSR count). The van der Waals surface area contributed by atoms with Gasteiger partial charge >= 0.3 is 0 Å². The quantitative estimate of drug-likeness (QED) is 0.0390. The van der Waals surface area contributed by atoms with Crippen LogP contribution in [0.5, 0.6) is 5.75 Å². The van der Waals surface area contributed by atoms with Crippen LogP contribution in [0.25, 0.3) is 17.2 Å². The molecule has 4 heteroatoms. The van der Waals surface area contributed by atoms with Crippen LogP contribution >= 0.6 is 0 Å². The topological polar surface area (TPSA) is 44.8 Å². The highest BCUT2D eigenvalue weighted by Gasteiger charge is 2.03. The summed E-state index contributed by atoms with van der Waals surface area (Å²) in [5, 5.41) is 0. The van der Waals surface area contributed by atoms with E-state index < -0.39 is 0 Å². The number of unbranched alkanes of at least 4 members (excludes halogenated alkanes) is 3. The van der Waals surface area contributed by atoms with Gasteiger partial charge < -0.3 is 14.2 Å². The molecule has 0 amide bonds. The van der Waals surface area contributed by atoms with Gasteiger partial charge in [-0.3, -0.25) is 4.79 Å². The summed E-state index contributed by atoms with van der Waals surface area (Å²) < 4.78 is 16.5. The molecule has 0 bridgehead atoms. The molecule has 222 valence electrons. The van der Waals surface area contributed by atoms with Crippen molar-refractivity contribution in [2.75, 3.05) is 20.0 Å². The van der Waals surface area contributed by atoms with E-state index in [0.717, 1.165) is 56.4 Å². The van der Waals surface area contributed by atoms with Crippen molar-refractivity contribution in [2.24, 2.45) is 0 Å². The van der Waals surface area contributed by atoms with Crippen LogP contribution in [0.4, 0.5) is 0 Å². The van der Waals surface area contributed by atoms with Crippen molar-refractivity contribution < 1.29 is 19.0 Å². The molecular weight excluding hydrogens is 532 g/mol. The fraction of sp³-hybridized carbons (Fsp3) is 0.256. The van der Waals surface area contributed by atoms with E-state index in [9.17, 15) is 4.79 Å². The Kier molecular flexibility index (Phi) is 12.8. The molecule has 0 aliphatic carbocycles. The Labute approximate surface area is 256 Å². The second-order valence-electron chi connectivity index (χ2n) is 10.7. The minimum Gasteiger partial charge on any atom is -0.494 e. The van der Waals surface area contributed by atoms with Crippen LogP contribution in [0.3, 0.4) is 0 Å². The molecule has 0 spiro atoms. The maximum absolute atomic E-state index is 12.3. The minimum absolute atomic E-state index is 0.0170. The van der Waals surface area contributed by atoms with Crippen molar-refractivity contribution in [3.8, 4) is 16.9 Å². The Morgan fingerprint density at radius 2 is 1.28 bits per heavy atom. The lowest BCUT2D eigenvalue weighted by Gasteiger charge is -2.09. The first-order valence-corrected chi connectivity index (χ1v) is 15.1. The summed E-state index contributed by atoms with van der Waals surface area (Å²) in [6, 6.07) is 34.9. The van der Waals surface area contributed by atoms with E-state index in [-0.39, 0.29) is 12.6 Å². The number of aryl methyl sites for hydroxylation is 2. The molecule has 0 atom stereocenters. The average Bonchev–Trinajstić information content (AvgIpc) is 3.05. The predicted octanol–water partition coefficient (Wildman–Crippen LogP) is 9.50. The third-order valence-electron chi connectivity index (χ3n) is 7.15. The lowest BCUT2D eigenvalue weighted by molar-refractivity contribution is -0.0234. The van der Waals surface area contributed by atoms with E-state index in [4.69, 9.17) is 14.2 Å². The first-order valence-electron chi connectivity index (χ1n) is 15.1. The molecule has 0 aliphatic rings.